The molecule has 4 aromatic rings. The monoisotopic (exact) mass is 712 g/mol. The van der Waals surface area contributed by atoms with E-state index in [0.29, 0.717) is 0 Å². The Hall–Kier alpha value is -3.18. The zero-order valence-corrected chi connectivity index (χ0v) is 26.6. The maximum atomic E-state index is 15.7. The third-order valence-electron chi connectivity index (χ3n) is 7.59. The highest BCUT2D eigenvalue weighted by molar-refractivity contribution is 6.41. The van der Waals surface area contributed by atoms with Crippen LogP contribution in [0.1, 0.15) is 33.4 Å². The largest absolute Gasteiger partial charge is 0.507 e. The van der Waals surface area contributed by atoms with Crippen molar-refractivity contribution in [2.75, 3.05) is 0 Å². The molecule has 0 aromatic heterocycles. The number of phenolic OH excluding ortho intramolecular Hbond substituents is 4. The van der Waals surface area contributed by atoms with Gasteiger partial charge in [-0.05, 0) is 109 Å². The molecule has 0 saturated carbocycles. The fourth-order valence-corrected chi connectivity index (χ4v) is 6.62. The van der Waals surface area contributed by atoms with Gasteiger partial charge in [0.2, 0.25) is 5.41 Å². The summed E-state index contributed by atoms with van der Waals surface area (Å²) in [7, 11) is 0. The van der Waals surface area contributed by atoms with E-state index in [9.17, 15) is 20.4 Å². The zero-order chi connectivity index (χ0) is 34.1. The van der Waals surface area contributed by atoms with Crippen LogP contribution in [0.15, 0.2) is 36.4 Å². The van der Waals surface area contributed by atoms with E-state index in [1.165, 1.54) is 27.7 Å². The number of hydrogen-bond acceptors (Lipinski definition) is 4. The van der Waals surface area contributed by atoms with Gasteiger partial charge in [-0.2, -0.15) is 26.3 Å². The minimum atomic E-state index is -6.25. The van der Waals surface area contributed by atoms with E-state index < -0.39 is 71.6 Å². The van der Waals surface area contributed by atoms with E-state index in [2.05, 4.69) is 0 Å². The van der Waals surface area contributed by atoms with Crippen molar-refractivity contribution in [1.82, 2.24) is 0 Å². The average molecular weight is 714 g/mol. The standard InChI is InChI=1S/C31H22Cl4F6O4/c1-11-5-15(6-12(2)25(11)42)20-22(21(24(35)28(45)23(20)34)16-7-13(3)26(43)14(4)8-16)29(30(36,37)38,31(39,40)41)17-9-18(32)27(44)19(33)10-17/h5-10,42-45H,1-4H3. The Balaban J connectivity index is 2.49. The van der Waals surface area contributed by atoms with E-state index in [-0.39, 0.29) is 57.0 Å². The molecule has 0 spiro atoms. The summed E-state index contributed by atoms with van der Waals surface area (Å²) in [6, 6.07) is 4.98. The van der Waals surface area contributed by atoms with Gasteiger partial charge in [-0.3, -0.25) is 0 Å². The van der Waals surface area contributed by atoms with E-state index in [1.54, 1.807) is 0 Å². The number of rotatable bonds is 4. The van der Waals surface area contributed by atoms with E-state index in [4.69, 9.17) is 46.4 Å². The molecule has 240 valence electrons. The van der Waals surface area contributed by atoms with Crippen molar-refractivity contribution >= 4 is 46.4 Å². The average Bonchev–Trinajstić information content (AvgIpc) is 2.90. The molecule has 4 N–H and O–H groups in total. The topological polar surface area (TPSA) is 80.9 Å². The van der Waals surface area contributed by atoms with Crippen LogP contribution in [0.5, 0.6) is 23.0 Å². The van der Waals surface area contributed by atoms with Crippen LogP contribution in [-0.4, -0.2) is 32.8 Å². The number of aromatic hydroxyl groups is 4. The van der Waals surface area contributed by atoms with Crippen molar-refractivity contribution < 1.29 is 46.8 Å². The highest BCUT2D eigenvalue weighted by atomic mass is 35.5. The predicted octanol–water partition coefficient (Wildman–Crippen LogP) is 11.1. The molecule has 0 aliphatic rings. The first-order valence-electron chi connectivity index (χ1n) is 12.7. The zero-order valence-electron chi connectivity index (χ0n) is 23.5. The summed E-state index contributed by atoms with van der Waals surface area (Å²) >= 11 is 24.7. The molecule has 4 nitrogen and oxygen atoms in total. The molecule has 4 aromatic carbocycles. The second-order valence-corrected chi connectivity index (χ2v) is 12.1. The molecule has 0 aliphatic heterocycles. The van der Waals surface area contributed by atoms with Crippen LogP contribution < -0.4 is 0 Å². The smallest absolute Gasteiger partial charge is 0.411 e. The Kier molecular flexibility index (Phi) is 8.91. The van der Waals surface area contributed by atoms with Gasteiger partial charge in [0.25, 0.3) is 0 Å². The first-order chi connectivity index (χ1) is 20.6. The van der Waals surface area contributed by atoms with Crippen molar-refractivity contribution in [3.8, 4) is 45.3 Å². The van der Waals surface area contributed by atoms with Crippen molar-refractivity contribution in [2.45, 2.75) is 45.5 Å². The highest BCUT2D eigenvalue weighted by Gasteiger charge is 2.74. The van der Waals surface area contributed by atoms with Crippen molar-refractivity contribution in [3.63, 3.8) is 0 Å². The van der Waals surface area contributed by atoms with Crippen molar-refractivity contribution in [3.05, 3.63) is 89.9 Å². The molecule has 4 rings (SSSR count). The lowest BCUT2D eigenvalue weighted by Crippen LogP contribution is -2.55. The van der Waals surface area contributed by atoms with Crippen molar-refractivity contribution in [2.24, 2.45) is 0 Å². The van der Waals surface area contributed by atoms with Gasteiger partial charge in [-0.25, -0.2) is 0 Å². The van der Waals surface area contributed by atoms with Gasteiger partial charge in [0.15, 0.2) is 11.5 Å². The Morgan fingerprint density at radius 2 is 0.800 bits per heavy atom. The molecule has 0 saturated heterocycles. The van der Waals surface area contributed by atoms with Gasteiger partial charge < -0.3 is 20.4 Å². The Labute approximate surface area is 273 Å². The lowest BCUT2D eigenvalue weighted by Gasteiger charge is -2.41. The fourth-order valence-electron chi connectivity index (χ4n) is 5.49. The second kappa shape index (κ2) is 11.6. The summed E-state index contributed by atoms with van der Waals surface area (Å²) < 4.78 is 94.3. The number of alkyl halides is 6. The van der Waals surface area contributed by atoms with Crippen LogP contribution in [0.2, 0.25) is 20.1 Å². The fraction of sp³-hybridized carbons (Fsp3) is 0.226. The summed E-state index contributed by atoms with van der Waals surface area (Å²) in [5, 5.41) is 38.2. The molecule has 0 heterocycles. The Bertz CT molecular complexity index is 1700. The van der Waals surface area contributed by atoms with E-state index in [1.807, 2.05) is 0 Å². The number of hydrogen-bond donors (Lipinski definition) is 4. The number of halogens is 10. The van der Waals surface area contributed by atoms with Gasteiger partial charge in [-0.1, -0.05) is 46.4 Å². The van der Waals surface area contributed by atoms with Gasteiger partial charge in [0.1, 0.15) is 11.5 Å². The minimum Gasteiger partial charge on any atom is -0.507 e. The number of phenols is 4. The lowest BCUT2D eigenvalue weighted by molar-refractivity contribution is -0.288. The molecule has 0 fully saturated rings. The number of benzene rings is 4. The van der Waals surface area contributed by atoms with Gasteiger partial charge in [0.05, 0.1) is 20.1 Å². The molecule has 0 bridgehead atoms. The second-order valence-electron chi connectivity index (χ2n) is 10.6. The molecule has 0 atom stereocenters. The highest BCUT2D eigenvalue weighted by Crippen LogP contribution is 2.64. The predicted molar refractivity (Wildman–Crippen MR) is 162 cm³/mol. The molecule has 0 aliphatic carbocycles. The lowest BCUT2D eigenvalue weighted by atomic mass is 9.67. The third kappa shape index (κ3) is 5.39. The van der Waals surface area contributed by atoms with Crippen LogP contribution in [0.4, 0.5) is 26.3 Å². The van der Waals surface area contributed by atoms with Crippen LogP contribution in [0.25, 0.3) is 22.3 Å². The van der Waals surface area contributed by atoms with E-state index >= 15 is 26.3 Å². The minimum absolute atomic E-state index is 0.0691. The molecule has 14 heteroatoms. The molecule has 45 heavy (non-hydrogen) atoms. The maximum absolute atomic E-state index is 15.7. The summed E-state index contributed by atoms with van der Waals surface area (Å²) in [5.74, 6) is -2.56. The van der Waals surface area contributed by atoms with Crippen LogP contribution in [0.3, 0.4) is 0 Å². The Morgan fingerprint density at radius 1 is 0.489 bits per heavy atom. The summed E-state index contributed by atoms with van der Waals surface area (Å²) in [6.07, 6.45) is -12.5. The van der Waals surface area contributed by atoms with Crippen molar-refractivity contribution in [1.29, 1.82) is 0 Å². The number of aryl methyl sites for hydroxylation is 4. The molecular weight excluding hydrogens is 692 g/mol. The van der Waals surface area contributed by atoms with E-state index in [0.717, 1.165) is 24.3 Å². The van der Waals surface area contributed by atoms with Crippen LogP contribution >= 0.6 is 46.4 Å². The van der Waals surface area contributed by atoms with Crippen LogP contribution in [0, 0.1) is 27.7 Å². The Morgan fingerprint density at radius 3 is 1.09 bits per heavy atom. The van der Waals surface area contributed by atoms with Gasteiger partial charge >= 0.3 is 12.4 Å². The van der Waals surface area contributed by atoms with Gasteiger partial charge in [-0.15, -0.1) is 0 Å². The molecule has 0 amide bonds. The molecule has 0 unspecified atom stereocenters. The summed E-state index contributed by atoms with van der Waals surface area (Å²) in [6.45, 7) is 5.46. The molecule has 0 radical (unpaired) electrons. The quantitative estimate of drug-likeness (QED) is 0.159. The summed E-state index contributed by atoms with van der Waals surface area (Å²) in [4.78, 5) is 0. The SMILES string of the molecule is Cc1cc(-c2c(Cl)c(O)c(Cl)c(-c3cc(C)c(O)c(C)c3)c2C(c2cc(Cl)c(O)c(Cl)c2)(C(F)(F)F)C(F)(F)F)cc(C)c1O. The first-order valence-corrected chi connectivity index (χ1v) is 14.3. The first kappa shape index (κ1) is 34.7. The summed E-state index contributed by atoms with van der Waals surface area (Å²) in [5.41, 5.74) is -10.4. The maximum Gasteiger partial charge on any atom is 0.411 e. The third-order valence-corrected chi connectivity index (χ3v) is 8.90. The van der Waals surface area contributed by atoms with Gasteiger partial charge in [0, 0.05) is 11.1 Å². The normalized spacial score (nSPS) is 12.6. The van der Waals surface area contributed by atoms with Crippen LogP contribution in [-0.2, 0) is 5.41 Å². The molecular formula is C31H22Cl4F6O4.